The van der Waals surface area contributed by atoms with Gasteiger partial charge in [0, 0.05) is 31.4 Å². The molecule has 1 aliphatic carbocycles. The van der Waals surface area contributed by atoms with E-state index >= 15 is 0 Å². The zero-order valence-electron chi connectivity index (χ0n) is 10.6. The van der Waals surface area contributed by atoms with Gasteiger partial charge in [-0.3, -0.25) is 0 Å². The van der Waals surface area contributed by atoms with E-state index in [0.717, 1.165) is 32.6 Å². The van der Waals surface area contributed by atoms with Crippen LogP contribution in [0.4, 0.5) is 8.78 Å². The Labute approximate surface area is 102 Å². The quantitative estimate of drug-likeness (QED) is 0.806. The molecule has 1 N–H and O–H groups in total. The normalized spacial score (nSPS) is 34.1. The van der Waals surface area contributed by atoms with Crippen LogP contribution < -0.4 is 5.32 Å². The first kappa shape index (κ1) is 13.2. The Morgan fingerprint density at radius 2 is 2.18 bits per heavy atom. The van der Waals surface area contributed by atoms with Crippen LogP contribution >= 0.6 is 0 Å². The largest absolute Gasteiger partial charge is 0.381 e. The molecule has 1 saturated heterocycles. The molecule has 17 heavy (non-hydrogen) atoms. The first-order valence-corrected chi connectivity index (χ1v) is 6.81. The fourth-order valence-corrected chi connectivity index (χ4v) is 3.16. The molecule has 0 bridgehead atoms. The number of nitrogens with one attached hydrogen (secondary N) is 1. The molecule has 0 radical (unpaired) electrons. The van der Waals surface area contributed by atoms with Gasteiger partial charge in [0.2, 0.25) is 5.92 Å². The number of alkyl halides is 2. The Kier molecular flexibility index (Phi) is 4.36. The Morgan fingerprint density at radius 3 is 2.71 bits per heavy atom. The second-order valence-electron chi connectivity index (χ2n) is 5.46. The van der Waals surface area contributed by atoms with Crippen LogP contribution in [0.3, 0.4) is 0 Å². The monoisotopic (exact) mass is 247 g/mol. The topological polar surface area (TPSA) is 21.3 Å². The van der Waals surface area contributed by atoms with Crippen LogP contribution in [0.1, 0.15) is 39.0 Å². The fraction of sp³-hybridized carbons (Fsp3) is 1.00. The molecule has 2 fully saturated rings. The van der Waals surface area contributed by atoms with E-state index in [9.17, 15) is 8.78 Å². The lowest BCUT2D eigenvalue weighted by atomic mass is 9.86. The number of halogens is 2. The Balaban J connectivity index is 1.94. The summed E-state index contributed by atoms with van der Waals surface area (Å²) < 4.78 is 32.0. The highest BCUT2D eigenvalue weighted by molar-refractivity contribution is 4.92. The van der Waals surface area contributed by atoms with Gasteiger partial charge in [-0.1, -0.05) is 6.92 Å². The maximum Gasteiger partial charge on any atom is 0.248 e. The predicted octanol–water partition coefficient (Wildman–Crippen LogP) is 2.83. The van der Waals surface area contributed by atoms with Gasteiger partial charge in [0.15, 0.2) is 0 Å². The maximum absolute atomic E-state index is 13.3. The van der Waals surface area contributed by atoms with Crippen molar-refractivity contribution in [3.63, 3.8) is 0 Å². The van der Waals surface area contributed by atoms with Crippen LogP contribution in [0.15, 0.2) is 0 Å². The van der Waals surface area contributed by atoms with Gasteiger partial charge in [0.1, 0.15) is 0 Å². The summed E-state index contributed by atoms with van der Waals surface area (Å²) in [4.78, 5) is 0. The molecular weight excluding hydrogens is 224 g/mol. The van der Waals surface area contributed by atoms with Gasteiger partial charge in [-0.05, 0) is 31.7 Å². The third-order valence-electron chi connectivity index (χ3n) is 4.05. The highest BCUT2D eigenvalue weighted by Crippen LogP contribution is 2.42. The number of ether oxygens (including phenoxy) is 1. The van der Waals surface area contributed by atoms with Crippen LogP contribution in [-0.2, 0) is 4.74 Å². The van der Waals surface area contributed by atoms with Gasteiger partial charge in [-0.2, -0.15) is 0 Å². The average molecular weight is 247 g/mol. The van der Waals surface area contributed by atoms with Crippen LogP contribution in [0, 0.1) is 11.8 Å². The van der Waals surface area contributed by atoms with Crippen molar-refractivity contribution in [2.24, 2.45) is 11.8 Å². The molecule has 0 aromatic rings. The lowest BCUT2D eigenvalue weighted by Crippen LogP contribution is -2.42. The molecule has 2 nitrogen and oxygen atoms in total. The van der Waals surface area contributed by atoms with Crippen LogP contribution in [0.2, 0.25) is 0 Å². The van der Waals surface area contributed by atoms with Crippen molar-refractivity contribution in [2.75, 3.05) is 19.8 Å². The van der Waals surface area contributed by atoms with E-state index in [4.69, 9.17) is 4.74 Å². The molecule has 1 aliphatic heterocycles. The molecule has 2 rings (SSSR count). The molecule has 1 saturated carbocycles. The number of hydrogen-bond acceptors (Lipinski definition) is 2. The third kappa shape index (κ3) is 3.38. The lowest BCUT2D eigenvalue weighted by molar-refractivity contribution is 0.00188. The van der Waals surface area contributed by atoms with Crippen LogP contribution in [-0.4, -0.2) is 31.7 Å². The van der Waals surface area contributed by atoms with Gasteiger partial charge in [0.25, 0.3) is 0 Å². The van der Waals surface area contributed by atoms with Gasteiger partial charge in [-0.15, -0.1) is 0 Å². The van der Waals surface area contributed by atoms with Crippen molar-refractivity contribution in [2.45, 2.75) is 51.0 Å². The van der Waals surface area contributed by atoms with E-state index < -0.39 is 5.92 Å². The molecule has 0 spiro atoms. The Morgan fingerprint density at radius 1 is 1.35 bits per heavy atom. The minimum atomic E-state index is -2.43. The zero-order valence-corrected chi connectivity index (χ0v) is 10.6. The maximum atomic E-state index is 13.3. The molecule has 3 atom stereocenters. The first-order chi connectivity index (χ1) is 8.12. The molecule has 0 aromatic heterocycles. The number of hydrogen-bond donors (Lipinski definition) is 1. The zero-order chi connectivity index (χ0) is 12.3. The third-order valence-corrected chi connectivity index (χ3v) is 4.05. The molecule has 2 aliphatic rings. The second kappa shape index (κ2) is 5.61. The standard InChI is InChI=1S/C13H23F2NO/c1-2-6-16-12(11-4-7-17-9-11)10-3-5-13(14,15)8-10/h10-12,16H,2-9H2,1H3. The molecule has 0 aromatic carbocycles. The van der Waals surface area contributed by atoms with E-state index in [-0.39, 0.29) is 24.8 Å². The fourth-order valence-electron chi connectivity index (χ4n) is 3.16. The summed E-state index contributed by atoms with van der Waals surface area (Å²) in [5, 5.41) is 3.48. The van der Waals surface area contributed by atoms with Crippen LogP contribution in [0.25, 0.3) is 0 Å². The Bertz CT molecular complexity index is 242. The van der Waals surface area contributed by atoms with E-state index in [1.54, 1.807) is 0 Å². The van der Waals surface area contributed by atoms with Gasteiger partial charge >= 0.3 is 0 Å². The van der Waals surface area contributed by atoms with E-state index in [1.165, 1.54) is 0 Å². The molecular formula is C13H23F2NO. The van der Waals surface area contributed by atoms with Gasteiger partial charge in [-0.25, -0.2) is 8.78 Å². The summed E-state index contributed by atoms with van der Waals surface area (Å²) in [5.41, 5.74) is 0. The van der Waals surface area contributed by atoms with E-state index in [1.807, 2.05) is 0 Å². The van der Waals surface area contributed by atoms with Crippen molar-refractivity contribution in [1.82, 2.24) is 5.32 Å². The van der Waals surface area contributed by atoms with E-state index in [0.29, 0.717) is 12.3 Å². The molecule has 3 unspecified atom stereocenters. The van der Waals surface area contributed by atoms with E-state index in [2.05, 4.69) is 12.2 Å². The van der Waals surface area contributed by atoms with Crippen molar-refractivity contribution >= 4 is 0 Å². The SMILES string of the molecule is CCCNC(C1CCOC1)C1CCC(F)(F)C1. The van der Waals surface area contributed by atoms with Crippen LogP contribution in [0.5, 0.6) is 0 Å². The highest BCUT2D eigenvalue weighted by atomic mass is 19.3. The minimum absolute atomic E-state index is 0.0604. The number of rotatable bonds is 5. The smallest absolute Gasteiger partial charge is 0.248 e. The Hall–Kier alpha value is -0.220. The summed E-state index contributed by atoms with van der Waals surface area (Å²) in [7, 11) is 0. The van der Waals surface area contributed by atoms with Crippen molar-refractivity contribution in [3.8, 4) is 0 Å². The van der Waals surface area contributed by atoms with Gasteiger partial charge in [0.05, 0.1) is 6.61 Å². The van der Waals surface area contributed by atoms with Gasteiger partial charge < -0.3 is 10.1 Å². The highest BCUT2D eigenvalue weighted by Gasteiger charge is 2.44. The lowest BCUT2D eigenvalue weighted by Gasteiger charge is -2.29. The minimum Gasteiger partial charge on any atom is -0.381 e. The second-order valence-corrected chi connectivity index (χ2v) is 5.46. The van der Waals surface area contributed by atoms with Crippen molar-refractivity contribution < 1.29 is 13.5 Å². The molecule has 1 heterocycles. The summed E-state index contributed by atoms with van der Waals surface area (Å²) in [6.07, 6.45) is 2.85. The van der Waals surface area contributed by atoms with Crippen molar-refractivity contribution in [1.29, 1.82) is 0 Å². The summed E-state index contributed by atoms with van der Waals surface area (Å²) >= 11 is 0. The van der Waals surface area contributed by atoms with Crippen molar-refractivity contribution in [3.05, 3.63) is 0 Å². The molecule has 0 amide bonds. The summed E-state index contributed by atoms with van der Waals surface area (Å²) in [6, 6.07) is 0.228. The molecule has 4 heteroatoms. The summed E-state index contributed by atoms with van der Waals surface area (Å²) in [6.45, 7) is 4.56. The average Bonchev–Trinajstić information content (AvgIpc) is 2.89. The first-order valence-electron chi connectivity index (χ1n) is 6.81. The summed E-state index contributed by atoms with van der Waals surface area (Å²) in [5.74, 6) is -1.88. The predicted molar refractivity (Wildman–Crippen MR) is 63.3 cm³/mol. The molecule has 100 valence electrons.